The van der Waals surface area contributed by atoms with E-state index in [1.165, 1.54) is 12.8 Å². The van der Waals surface area contributed by atoms with Crippen LogP contribution < -0.4 is 5.73 Å². The highest BCUT2D eigenvalue weighted by Gasteiger charge is 2.28. The SMILES string of the molecule is CCN(CC)C(N)=NCC(C)N(C)C1CC1. The first-order valence-electron chi connectivity index (χ1n) is 6.36. The molecule has 0 aliphatic heterocycles. The molecule has 0 bridgehead atoms. The second-order valence-electron chi connectivity index (χ2n) is 4.62. The lowest BCUT2D eigenvalue weighted by Crippen LogP contribution is -2.39. The molecule has 4 nitrogen and oxygen atoms in total. The van der Waals surface area contributed by atoms with Crippen LogP contribution in [0.1, 0.15) is 33.6 Å². The van der Waals surface area contributed by atoms with E-state index in [2.05, 4.69) is 42.6 Å². The van der Waals surface area contributed by atoms with Crippen LogP contribution in [0.15, 0.2) is 4.99 Å². The van der Waals surface area contributed by atoms with Gasteiger partial charge in [-0.05, 0) is 40.7 Å². The van der Waals surface area contributed by atoms with Gasteiger partial charge in [0, 0.05) is 25.2 Å². The molecule has 0 amide bonds. The van der Waals surface area contributed by atoms with Crippen molar-refractivity contribution < 1.29 is 0 Å². The number of nitrogens with zero attached hydrogens (tertiary/aromatic N) is 3. The molecule has 1 saturated carbocycles. The minimum Gasteiger partial charge on any atom is -0.370 e. The van der Waals surface area contributed by atoms with E-state index in [0.29, 0.717) is 12.0 Å². The van der Waals surface area contributed by atoms with Crippen molar-refractivity contribution in [2.45, 2.75) is 45.7 Å². The van der Waals surface area contributed by atoms with Gasteiger partial charge in [0.05, 0.1) is 6.54 Å². The molecule has 0 saturated heterocycles. The lowest BCUT2D eigenvalue weighted by Gasteiger charge is -2.24. The van der Waals surface area contributed by atoms with Crippen LogP contribution >= 0.6 is 0 Å². The molecule has 94 valence electrons. The van der Waals surface area contributed by atoms with Gasteiger partial charge in [-0.2, -0.15) is 0 Å². The first-order valence-corrected chi connectivity index (χ1v) is 6.36. The molecule has 16 heavy (non-hydrogen) atoms. The van der Waals surface area contributed by atoms with E-state index in [4.69, 9.17) is 5.73 Å². The molecule has 1 fully saturated rings. The molecule has 0 heterocycles. The molecule has 4 heteroatoms. The van der Waals surface area contributed by atoms with Crippen molar-refractivity contribution in [3.8, 4) is 0 Å². The number of hydrogen-bond acceptors (Lipinski definition) is 2. The van der Waals surface area contributed by atoms with Gasteiger partial charge >= 0.3 is 0 Å². The molecule has 0 spiro atoms. The molecule has 0 aromatic heterocycles. The Morgan fingerprint density at radius 3 is 2.38 bits per heavy atom. The topological polar surface area (TPSA) is 44.9 Å². The third-order valence-corrected chi connectivity index (χ3v) is 3.42. The average molecular weight is 226 g/mol. The normalized spacial score (nSPS) is 18.9. The smallest absolute Gasteiger partial charge is 0.191 e. The Hall–Kier alpha value is -0.770. The van der Waals surface area contributed by atoms with Crippen molar-refractivity contribution in [3.63, 3.8) is 0 Å². The first-order chi connectivity index (χ1) is 7.60. The number of rotatable bonds is 6. The number of nitrogens with two attached hydrogens (primary N) is 1. The Balaban J connectivity index is 2.37. The Labute approximate surface area is 99.5 Å². The summed E-state index contributed by atoms with van der Waals surface area (Å²) in [6, 6.07) is 1.28. The Bertz CT molecular complexity index is 231. The minimum atomic E-state index is 0.488. The molecule has 1 rings (SSSR count). The highest BCUT2D eigenvalue weighted by Crippen LogP contribution is 2.26. The van der Waals surface area contributed by atoms with Gasteiger partial charge < -0.3 is 10.6 Å². The highest BCUT2D eigenvalue weighted by molar-refractivity contribution is 5.78. The van der Waals surface area contributed by atoms with E-state index < -0.39 is 0 Å². The summed E-state index contributed by atoms with van der Waals surface area (Å²) in [7, 11) is 2.19. The van der Waals surface area contributed by atoms with Gasteiger partial charge in [0.2, 0.25) is 0 Å². The van der Waals surface area contributed by atoms with Crippen LogP contribution in [0.3, 0.4) is 0 Å². The standard InChI is InChI=1S/C12H26N4/c1-5-16(6-2)12(13)14-9-10(3)15(4)11-7-8-11/h10-11H,5-9H2,1-4H3,(H2,13,14). The zero-order chi connectivity index (χ0) is 12.1. The fourth-order valence-corrected chi connectivity index (χ4v) is 1.84. The summed E-state index contributed by atoms with van der Waals surface area (Å²) in [5.41, 5.74) is 5.94. The molecular formula is C12H26N4. The second-order valence-corrected chi connectivity index (χ2v) is 4.62. The van der Waals surface area contributed by atoms with Gasteiger partial charge in [0.25, 0.3) is 0 Å². The largest absolute Gasteiger partial charge is 0.370 e. The van der Waals surface area contributed by atoms with Gasteiger partial charge in [-0.1, -0.05) is 0 Å². The number of likely N-dealkylation sites (N-methyl/N-ethyl adjacent to an activating group) is 1. The molecule has 0 aromatic rings. The number of hydrogen-bond donors (Lipinski definition) is 1. The van der Waals surface area contributed by atoms with Crippen molar-refractivity contribution in [3.05, 3.63) is 0 Å². The summed E-state index contributed by atoms with van der Waals surface area (Å²) >= 11 is 0. The van der Waals surface area contributed by atoms with Crippen molar-refractivity contribution in [1.82, 2.24) is 9.80 Å². The highest BCUT2D eigenvalue weighted by atomic mass is 15.3. The van der Waals surface area contributed by atoms with E-state index in [0.717, 1.165) is 25.7 Å². The van der Waals surface area contributed by atoms with Gasteiger partial charge in [0.1, 0.15) is 0 Å². The lowest BCUT2D eigenvalue weighted by atomic mass is 10.3. The second kappa shape index (κ2) is 6.09. The minimum absolute atomic E-state index is 0.488. The molecule has 1 aliphatic rings. The van der Waals surface area contributed by atoms with Crippen LogP contribution in [0.2, 0.25) is 0 Å². The molecule has 0 radical (unpaired) electrons. The summed E-state index contributed by atoms with van der Waals surface area (Å²) in [5, 5.41) is 0. The molecule has 1 atom stereocenters. The first kappa shape index (κ1) is 13.3. The molecule has 0 aromatic carbocycles. The maximum atomic E-state index is 5.94. The molecular weight excluding hydrogens is 200 g/mol. The van der Waals surface area contributed by atoms with Crippen molar-refractivity contribution >= 4 is 5.96 Å². The van der Waals surface area contributed by atoms with E-state index in [9.17, 15) is 0 Å². The summed E-state index contributed by atoms with van der Waals surface area (Å²) in [4.78, 5) is 8.98. The summed E-state index contributed by atoms with van der Waals surface area (Å²) in [6.07, 6.45) is 2.69. The van der Waals surface area contributed by atoms with Crippen LogP contribution in [0.5, 0.6) is 0 Å². The van der Waals surface area contributed by atoms with Crippen LogP contribution in [0.4, 0.5) is 0 Å². The van der Waals surface area contributed by atoms with Crippen molar-refractivity contribution in [1.29, 1.82) is 0 Å². The lowest BCUT2D eigenvalue weighted by molar-refractivity contribution is 0.253. The van der Waals surface area contributed by atoms with E-state index >= 15 is 0 Å². The Morgan fingerprint density at radius 1 is 1.38 bits per heavy atom. The van der Waals surface area contributed by atoms with Crippen molar-refractivity contribution in [2.75, 3.05) is 26.7 Å². The van der Waals surface area contributed by atoms with Crippen LogP contribution in [0.25, 0.3) is 0 Å². The predicted octanol–water partition coefficient (Wildman–Crippen LogP) is 1.13. The van der Waals surface area contributed by atoms with E-state index in [-0.39, 0.29) is 0 Å². The van der Waals surface area contributed by atoms with Crippen LogP contribution in [-0.2, 0) is 0 Å². The molecule has 2 N–H and O–H groups in total. The van der Waals surface area contributed by atoms with Gasteiger partial charge in [-0.3, -0.25) is 9.89 Å². The zero-order valence-electron chi connectivity index (χ0n) is 11.1. The van der Waals surface area contributed by atoms with Crippen molar-refractivity contribution in [2.24, 2.45) is 10.7 Å². The van der Waals surface area contributed by atoms with E-state index in [1.54, 1.807) is 0 Å². The zero-order valence-corrected chi connectivity index (χ0v) is 11.1. The molecule has 1 aliphatic carbocycles. The fourth-order valence-electron chi connectivity index (χ4n) is 1.84. The summed E-state index contributed by atoms with van der Waals surface area (Å²) in [5.74, 6) is 0.682. The van der Waals surface area contributed by atoms with Gasteiger partial charge in [-0.15, -0.1) is 0 Å². The Morgan fingerprint density at radius 2 is 1.94 bits per heavy atom. The molecule has 1 unspecified atom stereocenters. The predicted molar refractivity (Wildman–Crippen MR) is 69.7 cm³/mol. The third-order valence-electron chi connectivity index (χ3n) is 3.42. The average Bonchev–Trinajstić information content (AvgIpc) is 3.10. The van der Waals surface area contributed by atoms with Crippen LogP contribution in [0, 0.1) is 0 Å². The quantitative estimate of drug-likeness (QED) is 0.545. The van der Waals surface area contributed by atoms with Gasteiger partial charge in [-0.25, -0.2) is 0 Å². The summed E-state index contributed by atoms with van der Waals surface area (Å²) < 4.78 is 0. The van der Waals surface area contributed by atoms with E-state index in [1.807, 2.05) is 0 Å². The monoisotopic (exact) mass is 226 g/mol. The number of guanidine groups is 1. The maximum absolute atomic E-state index is 5.94. The van der Waals surface area contributed by atoms with Crippen LogP contribution in [-0.4, -0.2) is 54.5 Å². The third kappa shape index (κ3) is 3.67. The maximum Gasteiger partial charge on any atom is 0.191 e. The Kier molecular flexibility index (Phi) is 5.06. The van der Waals surface area contributed by atoms with Gasteiger partial charge in [0.15, 0.2) is 5.96 Å². The number of aliphatic imine (C=N–C) groups is 1. The summed E-state index contributed by atoms with van der Waals surface area (Å²) in [6.45, 7) is 9.08. The fraction of sp³-hybridized carbons (Fsp3) is 0.917.